The van der Waals surface area contributed by atoms with E-state index in [0.29, 0.717) is 22.4 Å². The standard InChI is InChI=1S/C19H14BrN5O2/c20-13-8-6-12(7-9-13)18(26)21-11-16-23-17-15(19(27)24-16)10-22-25(17)14-4-2-1-3-5-14/h1-10H,11H2,(H,21,26)(H,23,24,27). The maximum atomic E-state index is 12.3. The van der Waals surface area contributed by atoms with Gasteiger partial charge in [0.25, 0.3) is 11.5 Å². The molecule has 4 rings (SSSR count). The summed E-state index contributed by atoms with van der Waals surface area (Å²) in [5, 5.41) is 7.41. The summed E-state index contributed by atoms with van der Waals surface area (Å²) in [7, 11) is 0. The van der Waals surface area contributed by atoms with Gasteiger partial charge in [-0.25, -0.2) is 9.67 Å². The van der Waals surface area contributed by atoms with Crippen molar-refractivity contribution in [3.63, 3.8) is 0 Å². The predicted octanol–water partition coefficient (Wildman–Crippen LogP) is 2.80. The Morgan fingerprint density at radius 2 is 1.85 bits per heavy atom. The normalized spacial score (nSPS) is 10.9. The van der Waals surface area contributed by atoms with Gasteiger partial charge >= 0.3 is 0 Å². The molecule has 1 amide bonds. The van der Waals surface area contributed by atoms with Crippen LogP contribution in [0, 0.1) is 0 Å². The van der Waals surface area contributed by atoms with Crippen molar-refractivity contribution < 1.29 is 4.79 Å². The van der Waals surface area contributed by atoms with Crippen LogP contribution < -0.4 is 10.9 Å². The average molecular weight is 424 g/mol. The third kappa shape index (κ3) is 3.52. The molecule has 134 valence electrons. The number of aromatic nitrogens is 4. The number of rotatable bonds is 4. The van der Waals surface area contributed by atoms with Crippen LogP contribution in [-0.2, 0) is 6.54 Å². The minimum atomic E-state index is -0.296. The Kier molecular flexibility index (Phi) is 4.55. The highest BCUT2D eigenvalue weighted by Crippen LogP contribution is 2.14. The predicted molar refractivity (Wildman–Crippen MR) is 105 cm³/mol. The van der Waals surface area contributed by atoms with Crippen molar-refractivity contribution in [2.75, 3.05) is 0 Å². The maximum Gasteiger partial charge on any atom is 0.262 e. The number of amides is 1. The van der Waals surface area contributed by atoms with Gasteiger partial charge in [-0.05, 0) is 36.4 Å². The first kappa shape index (κ1) is 17.2. The van der Waals surface area contributed by atoms with Crippen molar-refractivity contribution in [3.8, 4) is 5.69 Å². The molecule has 7 nitrogen and oxygen atoms in total. The van der Waals surface area contributed by atoms with Gasteiger partial charge in [-0.3, -0.25) is 9.59 Å². The van der Waals surface area contributed by atoms with Crippen molar-refractivity contribution in [3.05, 3.63) is 87.0 Å². The number of hydrogen-bond acceptors (Lipinski definition) is 4. The summed E-state index contributed by atoms with van der Waals surface area (Å²) in [4.78, 5) is 31.7. The smallest absolute Gasteiger partial charge is 0.262 e. The molecule has 0 fully saturated rings. The Morgan fingerprint density at radius 3 is 2.59 bits per heavy atom. The second-order valence-electron chi connectivity index (χ2n) is 5.83. The highest BCUT2D eigenvalue weighted by atomic mass is 79.9. The number of halogens is 1. The number of nitrogens with one attached hydrogen (secondary N) is 2. The number of nitrogens with zero attached hydrogens (tertiary/aromatic N) is 3. The van der Waals surface area contributed by atoms with Gasteiger partial charge in [0.05, 0.1) is 18.4 Å². The van der Waals surface area contributed by atoms with E-state index in [1.54, 1.807) is 28.9 Å². The molecule has 2 aromatic heterocycles. The molecule has 8 heteroatoms. The average Bonchev–Trinajstić information content (AvgIpc) is 3.12. The lowest BCUT2D eigenvalue weighted by Crippen LogP contribution is -2.25. The van der Waals surface area contributed by atoms with Crippen LogP contribution in [0.2, 0.25) is 0 Å². The van der Waals surface area contributed by atoms with Crippen molar-refractivity contribution in [1.82, 2.24) is 25.1 Å². The first-order valence-electron chi connectivity index (χ1n) is 8.18. The quantitative estimate of drug-likeness (QED) is 0.527. The number of carbonyl (C=O) groups is 1. The maximum absolute atomic E-state index is 12.3. The molecule has 2 heterocycles. The largest absolute Gasteiger partial charge is 0.345 e. The van der Waals surface area contributed by atoms with Gasteiger partial charge in [0.1, 0.15) is 11.2 Å². The highest BCUT2D eigenvalue weighted by molar-refractivity contribution is 9.10. The molecule has 0 atom stereocenters. The number of aromatic amines is 1. The monoisotopic (exact) mass is 423 g/mol. The lowest BCUT2D eigenvalue weighted by atomic mass is 10.2. The lowest BCUT2D eigenvalue weighted by molar-refractivity contribution is 0.0950. The van der Waals surface area contributed by atoms with Gasteiger partial charge in [-0.2, -0.15) is 5.10 Å². The molecule has 0 unspecified atom stereocenters. The fourth-order valence-corrected chi connectivity index (χ4v) is 2.94. The molecule has 0 aliphatic heterocycles. The van der Waals surface area contributed by atoms with Crippen LogP contribution in [0.15, 0.2) is 70.1 Å². The molecule has 27 heavy (non-hydrogen) atoms. The van der Waals surface area contributed by atoms with E-state index in [2.05, 4.69) is 36.3 Å². The lowest BCUT2D eigenvalue weighted by Gasteiger charge is -2.06. The molecule has 0 bridgehead atoms. The van der Waals surface area contributed by atoms with E-state index < -0.39 is 0 Å². The fourth-order valence-electron chi connectivity index (χ4n) is 2.67. The Balaban J connectivity index is 1.62. The topological polar surface area (TPSA) is 92.7 Å². The van der Waals surface area contributed by atoms with E-state index in [1.807, 2.05) is 30.3 Å². The first-order chi connectivity index (χ1) is 13.1. The number of H-pyrrole nitrogens is 1. The van der Waals surface area contributed by atoms with Gasteiger partial charge in [-0.1, -0.05) is 34.1 Å². The fraction of sp³-hybridized carbons (Fsp3) is 0.0526. The zero-order valence-electron chi connectivity index (χ0n) is 14.0. The summed E-state index contributed by atoms with van der Waals surface area (Å²) in [6.07, 6.45) is 1.48. The number of carbonyl (C=O) groups excluding carboxylic acids is 1. The molecule has 0 saturated heterocycles. The molecule has 4 aromatic rings. The molecule has 0 radical (unpaired) electrons. The summed E-state index contributed by atoms with van der Waals surface area (Å²) in [5.74, 6) is 0.109. The Hall–Kier alpha value is -3.26. The van der Waals surface area contributed by atoms with Crippen LogP contribution in [0.5, 0.6) is 0 Å². The number of hydrogen-bond donors (Lipinski definition) is 2. The van der Waals surface area contributed by atoms with E-state index in [0.717, 1.165) is 10.2 Å². The van der Waals surface area contributed by atoms with E-state index in [-0.39, 0.29) is 18.0 Å². The van der Waals surface area contributed by atoms with Gasteiger partial charge in [-0.15, -0.1) is 0 Å². The zero-order valence-corrected chi connectivity index (χ0v) is 15.6. The van der Waals surface area contributed by atoms with Gasteiger partial charge in [0, 0.05) is 10.0 Å². The van der Waals surface area contributed by atoms with Crippen molar-refractivity contribution in [2.45, 2.75) is 6.54 Å². The summed E-state index contributed by atoms with van der Waals surface area (Å²) in [6, 6.07) is 16.4. The SMILES string of the molecule is O=C(NCc1nc2c(cnn2-c2ccccc2)c(=O)[nH]1)c1ccc(Br)cc1. The van der Waals surface area contributed by atoms with Crippen LogP contribution in [0.3, 0.4) is 0 Å². The van der Waals surface area contributed by atoms with Gasteiger partial charge in [0.2, 0.25) is 0 Å². The number of fused-ring (bicyclic) bond motifs is 1. The number of para-hydroxylation sites is 1. The van der Waals surface area contributed by atoms with Gasteiger partial charge < -0.3 is 10.3 Å². The van der Waals surface area contributed by atoms with Crippen LogP contribution in [0.1, 0.15) is 16.2 Å². The van der Waals surface area contributed by atoms with Crippen LogP contribution in [0.4, 0.5) is 0 Å². The van der Waals surface area contributed by atoms with Crippen molar-refractivity contribution in [2.24, 2.45) is 0 Å². The van der Waals surface area contributed by atoms with Crippen LogP contribution in [-0.4, -0.2) is 25.7 Å². The second-order valence-corrected chi connectivity index (χ2v) is 6.75. The third-order valence-corrected chi connectivity index (χ3v) is 4.54. The summed E-state index contributed by atoms with van der Waals surface area (Å²) < 4.78 is 2.50. The minimum Gasteiger partial charge on any atom is -0.345 e. The molecule has 0 aliphatic rings. The second kappa shape index (κ2) is 7.16. The molecular weight excluding hydrogens is 410 g/mol. The minimum absolute atomic E-state index is 0.0973. The molecule has 0 aliphatic carbocycles. The van der Waals surface area contributed by atoms with Crippen molar-refractivity contribution in [1.29, 1.82) is 0 Å². The Bertz CT molecular complexity index is 1170. The third-order valence-electron chi connectivity index (χ3n) is 4.01. The van der Waals surface area contributed by atoms with E-state index in [1.165, 1.54) is 6.20 Å². The van der Waals surface area contributed by atoms with Crippen LogP contribution >= 0.6 is 15.9 Å². The highest BCUT2D eigenvalue weighted by Gasteiger charge is 2.12. The van der Waals surface area contributed by atoms with E-state index >= 15 is 0 Å². The molecule has 2 aromatic carbocycles. The number of benzene rings is 2. The summed E-state index contributed by atoms with van der Waals surface area (Å²) >= 11 is 3.33. The Morgan fingerprint density at radius 1 is 1.11 bits per heavy atom. The summed E-state index contributed by atoms with van der Waals surface area (Å²) in [6.45, 7) is 0.0973. The van der Waals surface area contributed by atoms with E-state index in [4.69, 9.17) is 0 Å². The summed E-state index contributed by atoms with van der Waals surface area (Å²) in [5.41, 5.74) is 1.47. The molecular formula is C19H14BrN5O2. The van der Waals surface area contributed by atoms with Crippen molar-refractivity contribution >= 4 is 32.9 Å². The van der Waals surface area contributed by atoms with Crippen LogP contribution in [0.25, 0.3) is 16.7 Å². The molecule has 0 spiro atoms. The molecule has 0 saturated carbocycles. The van der Waals surface area contributed by atoms with Gasteiger partial charge in [0.15, 0.2) is 5.65 Å². The first-order valence-corrected chi connectivity index (χ1v) is 8.97. The van der Waals surface area contributed by atoms with E-state index in [9.17, 15) is 9.59 Å². The zero-order chi connectivity index (χ0) is 18.8. The molecule has 2 N–H and O–H groups in total. The Labute approximate surface area is 162 Å².